The van der Waals surface area contributed by atoms with E-state index >= 15 is 0 Å². The Bertz CT molecular complexity index is 912. The van der Waals surface area contributed by atoms with E-state index < -0.39 is 0 Å². The molecule has 3 aromatic carbocycles. The molecular formula is C32H40. The largest absolute Gasteiger partial charge is 0.0651 e. The standard InChI is InChI=1S/C32H40/c1-3-7-26-10-12-27(13-11-26)14-15-28-16-20-31(21-17-28)32-22-18-29(19-23-32)24-25(2)30-8-5-4-6-9-30/h4-6,8-13,16-17,20-21,25,29,32H,3,7,14-15,18-19,22-24H2,1-2H3/t25-,29?,32?/m0/s1. The van der Waals surface area contributed by atoms with Gasteiger partial charge in [0.2, 0.25) is 0 Å². The third-order valence-corrected chi connectivity index (χ3v) is 7.62. The Morgan fingerprint density at radius 1 is 0.656 bits per heavy atom. The lowest BCUT2D eigenvalue weighted by Gasteiger charge is -2.30. The van der Waals surface area contributed by atoms with Crippen molar-refractivity contribution in [3.05, 3.63) is 107 Å². The molecule has 168 valence electrons. The first kappa shape index (κ1) is 22.8. The number of hydrogen-bond donors (Lipinski definition) is 0. The average molecular weight is 425 g/mol. The topological polar surface area (TPSA) is 0 Å². The van der Waals surface area contributed by atoms with Crippen LogP contribution in [0, 0.1) is 5.92 Å². The highest BCUT2D eigenvalue weighted by atomic mass is 14.3. The first-order valence-electron chi connectivity index (χ1n) is 12.9. The van der Waals surface area contributed by atoms with Gasteiger partial charge in [-0.1, -0.05) is 99.1 Å². The van der Waals surface area contributed by atoms with Gasteiger partial charge in [-0.15, -0.1) is 0 Å². The molecule has 0 aromatic heterocycles. The normalized spacial score (nSPS) is 19.6. The van der Waals surface area contributed by atoms with Crippen molar-refractivity contribution in [3.8, 4) is 0 Å². The Morgan fingerprint density at radius 2 is 1.19 bits per heavy atom. The summed E-state index contributed by atoms with van der Waals surface area (Å²) in [6.45, 7) is 4.65. The van der Waals surface area contributed by atoms with Crippen molar-refractivity contribution in [3.63, 3.8) is 0 Å². The van der Waals surface area contributed by atoms with Crippen molar-refractivity contribution in [2.24, 2.45) is 5.92 Å². The lowest BCUT2D eigenvalue weighted by molar-refractivity contribution is 0.297. The van der Waals surface area contributed by atoms with Crippen molar-refractivity contribution in [1.82, 2.24) is 0 Å². The van der Waals surface area contributed by atoms with E-state index in [1.807, 2.05) is 0 Å². The third kappa shape index (κ3) is 6.35. The van der Waals surface area contributed by atoms with Gasteiger partial charge in [0, 0.05) is 0 Å². The summed E-state index contributed by atoms with van der Waals surface area (Å²) in [6.07, 6.45) is 11.5. The molecule has 0 spiro atoms. The lowest BCUT2D eigenvalue weighted by Crippen LogP contribution is -2.15. The summed E-state index contributed by atoms with van der Waals surface area (Å²) in [5.74, 6) is 2.34. The molecule has 0 nitrogen and oxygen atoms in total. The van der Waals surface area contributed by atoms with Crippen LogP contribution in [0.25, 0.3) is 0 Å². The predicted molar refractivity (Wildman–Crippen MR) is 138 cm³/mol. The number of aryl methyl sites for hydroxylation is 3. The van der Waals surface area contributed by atoms with Crippen LogP contribution < -0.4 is 0 Å². The van der Waals surface area contributed by atoms with Gasteiger partial charge in [-0.3, -0.25) is 0 Å². The second-order valence-corrected chi connectivity index (χ2v) is 10.1. The maximum absolute atomic E-state index is 2.41. The average Bonchev–Trinajstić information content (AvgIpc) is 2.85. The number of hydrogen-bond acceptors (Lipinski definition) is 0. The molecule has 1 atom stereocenters. The van der Waals surface area contributed by atoms with Crippen LogP contribution in [0.1, 0.15) is 92.0 Å². The van der Waals surface area contributed by atoms with E-state index in [1.54, 1.807) is 5.56 Å². The van der Waals surface area contributed by atoms with Gasteiger partial charge in [0.05, 0.1) is 0 Å². The lowest BCUT2D eigenvalue weighted by atomic mass is 9.75. The fourth-order valence-corrected chi connectivity index (χ4v) is 5.56. The van der Waals surface area contributed by atoms with Gasteiger partial charge >= 0.3 is 0 Å². The predicted octanol–water partition coefficient (Wildman–Crippen LogP) is 8.89. The van der Waals surface area contributed by atoms with Gasteiger partial charge in [0.25, 0.3) is 0 Å². The molecule has 32 heavy (non-hydrogen) atoms. The van der Waals surface area contributed by atoms with Crippen LogP contribution in [0.3, 0.4) is 0 Å². The van der Waals surface area contributed by atoms with Crippen molar-refractivity contribution in [1.29, 1.82) is 0 Å². The van der Waals surface area contributed by atoms with Crippen LogP contribution in [0.5, 0.6) is 0 Å². The highest BCUT2D eigenvalue weighted by Crippen LogP contribution is 2.39. The molecule has 0 heterocycles. The first-order chi connectivity index (χ1) is 15.7. The smallest absolute Gasteiger partial charge is 0.0162 e. The molecule has 1 aliphatic carbocycles. The van der Waals surface area contributed by atoms with Gasteiger partial charge in [-0.25, -0.2) is 0 Å². The van der Waals surface area contributed by atoms with E-state index in [4.69, 9.17) is 0 Å². The van der Waals surface area contributed by atoms with Crippen LogP contribution >= 0.6 is 0 Å². The zero-order valence-corrected chi connectivity index (χ0v) is 20.1. The molecule has 0 radical (unpaired) electrons. The molecule has 0 bridgehead atoms. The van der Waals surface area contributed by atoms with E-state index in [9.17, 15) is 0 Å². The fraction of sp³-hybridized carbons (Fsp3) is 0.438. The molecule has 0 saturated heterocycles. The van der Waals surface area contributed by atoms with Crippen molar-refractivity contribution in [2.75, 3.05) is 0 Å². The second-order valence-electron chi connectivity index (χ2n) is 10.1. The highest BCUT2D eigenvalue weighted by molar-refractivity contribution is 5.28. The Hall–Kier alpha value is -2.34. The van der Waals surface area contributed by atoms with Crippen LogP contribution in [-0.2, 0) is 19.3 Å². The van der Waals surface area contributed by atoms with Crippen molar-refractivity contribution >= 4 is 0 Å². The summed E-state index contributed by atoms with van der Waals surface area (Å²) in [5, 5.41) is 0. The molecule has 1 fully saturated rings. The zero-order valence-electron chi connectivity index (χ0n) is 20.1. The highest BCUT2D eigenvalue weighted by Gasteiger charge is 2.24. The van der Waals surface area contributed by atoms with Gasteiger partial charge in [-0.05, 0) is 96.9 Å². The molecule has 0 N–H and O–H groups in total. The monoisotopic (exact) mass is 424 g/mol. The molecule has 1 aliphatic rings. The zero-order chi connectivity index (χ0) is 22.2. The summed E-state index contributed by atoms with van der Waals surface area (Å²) in [6, 6.07) is 29.9. The quantitative estimate of drug-likeness (QED) is 0.322. The minimum absolute atomic E-state index is 0.680. The van der Waals surface area contributed by atoms with E-state index in [-0.39, 0.29) is 0 Å². The molecular weight excluding hydrogens is 384 g/mol. The molecule has 1 saturated carbocycles. The van der Waals surface area contributed by atoms with E-state index in [0.29, 0.717) is 5.92 Å². The maximum atomic E-state index is 2.41. The summed E-state index contributed by atoms with van der Waals surface area (Å²) < 4.78 is 0. The van der Waals surface area contributed by atoms with E-state index in [1.165, 1.54) is 67.2 Å². The van der Waals surface area contributed by atoms with Gasteiger partial charge in [-0.2, -0.15) is 0 Å². The minimum Gasteiger partial charge on any atom is -0.0651 e. The molecule has 0 aliphatic heterocycles. The van der Waals surface area contributed by atoms with Crippen molar-refractivity contribution in [2.45, 2.75) is 83.5 Å². The van der Waals surface area contributed by atoms with Crippen LogP contribution in [0.15, 0.2) is 78.9 Å². The summed E-state index contributed by atoms with van der Waals surface area (Å²) in [7, 11) is 0. The van der Waals surface area contributed by atoms with Gasteiger partial charge in [0.1, 0.15) is 0 Å². The molecule has 0 amide bonds. The Labute approximate surface area is 196 Å². The number of rotatable bonds is 9. The molecule has 0 heteroatoms. The van der Waals surface area contributed by atoms with Crippen LogP contribution in [-0.4, -0.2) is 0 Å². The Balaban J connectivity index is 1.23. The summed E-state index contributed by atoms with van der Waals surface area (Å²) >= 11 is 0. The number of benzene rings is 3. The first-order valence-corrected chi connectivity index (χ1v) is 12.9. The molecule has 0 unspecified atom stereocenters. The fourth-order valence-electron chi connectivity index (χ4n) is 5.56. The van der Waals surface area contributed by atoms with E-state index in [0.717, 1.165) is 24.7 Å². The van der Waals surface area contributed by atoms with Gasteiger partial charge < -0.3 is 0 Å². The van der Waals surface area contributed by atoms with Gasteiger partial charge in [0.15, 0.2) is 0 Å². The summed E-state index contributed by atoms with van der Waals surface area (Å²) in [5.41, 5.74) is 7.45. The SMILES string of the molecule is CCCc1ccc(CCc2ccc(C3CCC(C[C@H](C)c4ccccc4)CC3)cc2)cc1. The van der Waals surface area contributed by atoms with E-state index in [2.05, 4.69) is 92.7 Å². The summed E-state index contributed by atoms with van der Waals surface area (Å²) in [4.78, 5) is 0. The van der Waals surface area contributed by atoms with Crippen molar-refractivity contribution < 1.29 is 0 Å². The third-order valence-electron chi connectivity index (χ3n) is 7.62. The maximum Gasteiger partial charge on any atom is -0.0162 e. The second kappa shape index (κ2) is 11.5. The Kier molecular flexibility index (Phi) is 8.21. The van der Waals surface area contributed by atoms with Crippen LogP contribution in [0.4, 0.5) is 0 Å². The van der Waals surface area contributed by atoms with Crippen LogP contribution in [0.2, 0.25) is 0 Å². The Morgan fingerprint density at radius 3 is 1.75 bits per heavy atom. The molecule has 4 rings (SSSR count). The molecule has 3 aromatic rings. The minimum atomic E-state index is 0.680.